The predicted octanol–water partition coefficient (Wildman–Crippen LogP) is 13.2. The maximum atomic E-state index is 6.24. The fraction of sp³-hybridized carbons (Fsp3) is 0.574. The molecule has 3 unspecified atom stereocenters. The molecular weight excluding hydrogens is 672 g/mol. The van der Waals surface area contributed by atoms with Gasteiger partial charge in [-0.2, -0.15) is 0 Å². The van der Waals surface area contributed by atoms with Gasteiger partial charge in [0.1, 0.15) is 5.75 Å². The Bertz CT molecular complexity index is 1210. The van der Waals surface area contributed by atoms with Gasteiger partial charge in [0, 0.05) is 18.3 Å². The molecule has 0 fully saturated rings. The summed E-state index contributed by atoms with van der Waals surface area (Å²) in [6.45, 7) is 12.6. The van der Waals surface area contributed by atoms with Gasteiger partial charge in [-0.25, -0.2) is 0 Å². The quantitative estimate of drug-likeness (QED) is 0.0411. The average Bonchev–Trinajstić information content (AvgIpc) is 3.45. The lowest BCUT2D eigenvalue weighted by Crippen LogP contribution is -2.24. The van der Waals surface area contributed by atoms with E-state index in [0.717, 1.165) is 49.3 Å². The monoisotopic (exact) mass is 749 g/mol. The van der Waals surface area contributed by atoms with Crippen LogP contribution in [-0.4, -0.2) is 32.0 Å². The summed E-state index contributed by atoms with van der Waals surface area (Å²) in [6, 6.07) is 17.5. The van der Waals surface area contributed by atoms with E-state index < -0.39 is 0 Å². The van der Waals surface area contributed by atoms with Crippen LogP contribution in [0.3, 0.4) is 0 Å². The van der Waals surface area contributed by atoms with Crippen molar-refractivity contribution in [1.82, 2.24) is 0 Å². The summed E-state index contributed by atoms with van der Waals surface area (Å²) < 4.78 is 17.1. The van der Waals surface area contributed by atoms with Crippen LogP contribution in [0, 0.1) is 6.92 Å². The van der Waals surface area contributed by atoms with Crippen molar-refractivity contribution in [2.45, 2.75) is 155 Å². The molecule has 0 heterocycles. The maximum absolute atomic E-state index is 6.24. The first-order valence-electron chi connectivity index (χ1n) is 20.7. The predicted molar refractivity (Wildman–Crippen MR) is 235 cm³/mol. The second kappa shape index (κ2) is 35.0. The third-order valence-electron chi connectivity index (χ3n) is 9.37. The zero-order valence-corrected chi connectivity index (χ0v) is 35.1. The number of hydrogen-bond donors (Lipinski definition) is 2. The number of rotatable bonds is 27. The van der Waals surface area contributed by atoms with Crippen LogP contribution < -0.4 is 16.0 Å². The van der Waals surface area contributed by atoms with Crippen LogP contribution in [-0.2, 0) is 9.47 Å². The first kappa shape index (κ1) is 48.3. The van der Waals surface area contributed by atoms with Crippen molar-refractivity contribution in [3.8, 4) is 5.75 Å². The fourth-order valence-electron chi connectivity index (χ4n) is 5.77. The number of allylic oxidation sites excluding steroid dienone is 4. The molecule has 53 heavy (non-hydrogen) atoms. The molecule has 0 bridgehead atoms. The fourth-order valence-corrected chi connectivity index (χ4v) is 5.93. The van der Waals surface area contributed by atoms with E-state index in [-0.39, 0.29) is 12.1 Å². The second-order valence-electron chi connectivity index (χ2n) is 14.4. The molecule has 0 spiro atoms. The zero-order chi connectivity index (χ0) is 38.6. The van der Waals surface area contributed by atoms with Gasteiger partial charge in [-0.1, -0.05) is 182 Å². The molecule has 0 aromatic heterocycles. The Morgan fingerprint density at radius 2 is 1.36 bits per heavy atom. The molecule has 0 saturated carbocycles. The van der Waals surface area contributed by atoms with Crippen LogP contribution in [0.25, 0.3) is 0 Å². The molecule has 1 aliphatic rings. The summed E-state index contributed by atoms with van der Waals surface area (Å²) in [7, 11) is 2.17. The van der Waals surface area contributed by atoms with Crippen molar-refractivity contribution < 1.29 is 14.0 Å². The number of nitrogen functional groups attached to an aromatic ring is 1. The van der Waals surface area contributed by atoms with Crippen molar-refractivity contribution in [2.24, 2.45) is 5.73 Å². The average molecular weight is 749 g/mol. The second-order valence-corrected chi connectivity index (χ2v) is 14.7. The molecule has 0 aliphatic heterocycles. The van der Waals surface area contributed by atoms with Gasteiger partial charge in [-0.05, 0) is 69.4 Å². The van der Waals surface area contributed by atoms with Crippen molar-refractivity contribution in [3.63, 3.8) is 0 Å². The Balaban J connectivity index is 0.000000707. The lowest BCUT2D eigenvalue weighted by molar-refractivity contribution is -0.0119. The summed E-state index contributed by atoms with van der Waals surface area (Å²) >= 11 is 0. The molecule has 298 valence electrons. The normalized spacial score (nSPS) is 13.1. The van der Waals surface area contributed by atoms with Gasteiger partial charge in [0.25, 0.3) is 0 Å². The summed E-state index contributed by atoms with van der Waals surface area (Å²) in [5, 5.41) is 0. The van der Waals surface area contributed by atoms with Gasteiger partial charge >= 0.3 is 0 Å². The van der Waals surface area contributed by atoms with Crippen molar-refractivity contribution in [1.29, 1.82) is 0 Å². The topological polar surface area (TPSA) is 79.7 Å². The molecule has 0 amide bonds. The Hall–Kier alpha value is -2.69. The SMILES string of the molecule is C=C(CCC(COCCCCCCCCCCCCCCCCCC)OCC1=CC=CCC=C1)C(C)N.Cc1ccccc1.Nc1ccc(OP)cc1. The number of hydrogen-bond acceptors (Lipinski definition) is 5. The largest absolute Gasteiger partial charge is 0.480 e. The molecule has 6 heteroatoms. The van der Waals surface area contributed by atoms with E-state index in [1.165, 1.54) is 107 Å². The van der Waals surface area contributed by atoms with Crippen LogP contribution in [0.15, 0.2) is 103 Å². The number of anilines is 1. The minimum atomic E-state index is 0.0318. The number of unbranched alkanes of at least 4 members (excludes halogenated alkanes) is 15. The van der Waals surface area contributed by atoms with E-state index >= 15 is 0 Å². The molecule has 3 atom stereocenters. The van der Waals surface area contributed by atoms with Gasteiger partial charge < -0.3 is 25.5 Å². The molecule has 0 radical (unpaired) electrons. The van der Waals surface area contributed by atoms with Gasteiger partial charge in [0.05, 0.1) is 28.8 Å². The van der Waals surface area contributed by atoms with Crippen LogP contribution in [0.1, 0.15) is 141 Å². The Morgan fingerprint density at radius 1 is 0.792 bits per heavy atom. The molecular formula is C47H77N2O3P. The number of aryl methyl sites for hydroxylation is 1. The van der Waals surface area contributed by atoms with Gasteiger partial charge in [-0.15, -0.1) is 0 Å². The van der Waals surface area contributed by atoms with Crippen molar-refractivity contribution in [3.05, 3.63) is 108 Å². The Labute approximate surface area is 328 Å². The highest BCUT2D eigenvalue weighted by molar-refractivity contribution is 7.10. The smallest absolute Gasteiger partial charge is 0.122 e. The van der Waals surface area contributed by atoms with Crippen LogP contribution >= 0.6 is 9.47 Å². The van der Waals surface area contributed by atoms with Crippen LogP contribution in [0.2, 0.25) is 0 Å². The van der Waals surface area contributed by atoms with E-state index in [2.05, 4.69) is 72.4 Å². The Morgan fingerprint density at radius 3 is 1.87 bits per heavy atom. The highest BCUT2D eigenvalue weighted by Crippen LogP contribution is 2.17. The lowest BCUT2D eigenvalue weighted by Gasteiger charge is -2.20. The van der Waals surface area contributed by atoms with E-state index in [1.807, 2.05) is 37.3 Å². The van der Waals surface area contributed by atoms with Gasteiger partial charge in [0.2, 0.25) is 0 Å². The summed E-state index contributed by atoms with van der Waals surface area (Å²) in [5.41, 5.74) is 15.8. The van der Waals surface area contributed by atoms with Crippen LogP contribution in [0.4, 0.5) is 5.69 Å². The molecule has 1 aliphatic carbocycles. The molecule has 0 saturated heterocycles. The molecule has 2 aromatic carbocycles. The first-order chi connectivity index (χ1) is 25.8. The Kier molecular flexibility index (Phi) is 32.0. The number of nitrogens with two attached hydrogens (primary N) is 2. The summed E-state index contributed by atoms with van der Waals surface area (Å²) in [6.07, 6.45) is 35.9. The standard InChI is InChI=1S/C34H61NO2.C7H8.C6H8NOP/c1-4-5-6-7-8-9-10-11-12-13-14-15-16-17-20-23-28-36-30-34(27-26-31(2)32(3)35)37-29-33-24-21-18-19-22-25-33;1-7-5-3-2-4-6-7;7-5-1-3-6(8-9)4-2-5/h18,21-22,24-25,32,34H,2,4-17,19-20,23,26-30,35H2,1,3H3;2-6H,1H3;1-4H,7,9H2. The lowest BCUT2D eigenvalue weighted by atomic mass is 10.0. The van der Waals surface area contributed by atoms with Crippen LogP contribution in [0.5, 0.6) is 5.75 Å². The van der Waals surface area contributed by atoms with Gasteiger partial charge in [0.15, 0.2) is 0 Å². The van der Waals surface area contributed by atoms with E-state index in [9.17, 15) is 0 Å². The summed E-state index contributed by atoms with van der Waals surface area (Å²) in [4.78, 5) is 0. The minimum Gasteiger partial charge on any atom is -0.480 e. The number of benzene rings is 2. The molecule has 5 nitrogen and oxygen atoms in total. The van der Waals surface area contributed by atoms with Crippen molar-refractivity contribution >= 4 is 15.2 Å². The third-order valence-corrected chi connectivity index (χ3v) is 9.64. The highest BCUT2D eigenvalue weighted by Gasteiger charge is 2.12. The van der Waals surface area contributed by atoms with Crippen molar-refractivity contribution in [2.75, 3.05) is 25.6 Å². The maximum Gasteiger partial charge on any atom is 0.122 e. The number of ether oxygens (including phenoxy) is 2. The van der Waals surface area contributed by atoms with Gasteiger partial charge in [-0.3, -0.25) is 0 Å². The van der Waals surface area contributed by atoms with E-state index in [4.69, 9.17) is 25.5 Å². The first-order valence-corrected chi connectivity index (χ1v) is 21.2. The molecule has 3 rings (SSSR count). The van der Waals surface area contributed by atoms with E-state index in [0.29, 0.717) is 13.2 Å². The molecule has 2 aromatic rings. The zero-order valence-electron chi connectivity index (χ0n) is 34.0. The summed E-state index contributed by atoms with van der Waals surface area (Å²) in [5.74, 6) is 0.800. The third kappa shape index (κ3) is 30.3. The minimum absolute atomic E-state index is 0.0318. The molecule has 4 N–H and O–H groups in total. The van der Waals surface area contributed by atoms with E-state index in [1.54, 1.807) is 12.1 Å². The highest BCUT2D eigenvalue weighted by atomic mass is 31.0.